The Morgan fingerprint density at radius 1 is 1.41 bits per heavy atom. The van der Waals surface area contributed by atoms with Crippen LogP contribution in [0.25, 0.3) is 0 Å². The van der Waals surface area contributed by atoms with Gasteiger partial charge in [0.1, 0.15) is 0 Å². The normalized spacial score (nSPS) is 29.6. The van der Waals surface area contributed by atoms with Gasteiger partial charge in [0.25, 0.3) is 0 Å². The quantitative estimate of drug-likeness (QED) is 0.799. The first-order valence-electron chi connectivity index (χ1n) is 6.87. The van der Waals surface area contributed by atoms with Gasteiger partial charge in [-0.15, -0.1) is 0 Å². The maximum atomic E-state index is 6.06. The summed E-state index contributed by atoms with van der Waals surface area (Å²) in [6, 6.07) is 0. The number of hydrogen-bond acceptors (Lipinski definition) is 4. The second-order valence-corrected chi connectivity index (χ2v) is 5.37. The lowest BCUT2D eigenvalue weighted by Gasteiger charge is -2.45. The Morgan fingerprint density at radius 2 is 2.18 bits per heavy atom. The molecule has 0 aromatic heterocycles. The Morgan fingerprint density at radius 3 is 2.82 bits per heavy atom. The largest absolute Gasteiger partial charge is 0.381 e. The number of piperidine rings is 1. The summed E-state index contributed by atoms with van der Waals surface area (Å²) >= 11 is 0. The van der Waals surface area contributed by atoms with Crippen molar-refractivity contribution in [1.29, 1.82) is 0 Å². The molecule has 0 unspecified atom stereocenters. The standard InChI is InChI=1S/C13H26N2O2/c1-16-12-3-10-17-13(11-12)4-8-15(9-5-13)7-2-6-14/h12H,2-11,14H2,1H3/t12-/m0/s1. The first-order valence-corrected chi connectivity index (χ1v) is 6.87. The Balaban J connectivity index is 1.80. The van der Waals surface area contributed by atoms with Crippen LogP contribution in [0.15, 0.2) is 0 Å². The molecule has 0 amide bonds. The van der Waals surface area contributed by atoms with Gasteiger partial charge in [-0.25, -0.2) is 0 Å². The van der Waals surface area contributed by atoms with Gasteiger partial charge in [-0.3, -0.25) is 0 Å². The average Bonchev–Trinajstić information content (AvgIpc) is 2.38. The highest BCUT2D eigenvalue weighted by Gasteiger charge is 2.40. The summed E-state index contributed by atoms with van der Waals surface area (Å²) in [6.45, 7) is 5.10. The van der Waals surface area contributed by atoms with Crippen LogP contribution < -0.4 is 5.73 Å². The van der Waals surface area contributed by atoms with Gasteiger partial charge in [0, 0.05) is 33.2 Å². The van der Waals surface area contributed by atoms with E-state index in [0.717, 1.165) is 64.9 Å². The van der Waals surface area contributed by atoms with E-state index < -0.39 is 0 Å². The Kier molecular flexibility index (Phi) is 4.79. The van der Waals surface area contributed by atoms with Gasteiger partial charge in [-0.1, -0.05) is 0 Å². The van der Waals surface area contributed by atoms with Gasteiger partial charge in [0.05, 0.1) is 11.7 Å². The minimum atomic E-state index is 0.109. The number of methoxy groups -OCH3 is 1. The van der Waals surface area contributed by atoms with E-state index in [1.807, 2.05) is 7.11 Å². The molecule has 17 heavy (non-hydrogen) atoms. The molecular formula is C13H26N2O2. The van der Waals surface area contributed by atoms with Gasteiger partial charge in [0.2, 0.25) is 0 Å². The molecule has 0 saturated carbocycles. The van der Waals surface area contributed by atoms with Crippen LogP contribution in [0.2, 0.25) is 0 Å². The molecule has 0 bridgehead atoms. The maximum Gasteiger partial charge on any atom is 0.0731 e. The summed E-state index contributed by atoms with van der Waals surface area (Å²) in [7, 11) is 1.82. The third kappa shape index (κ3) is 3.41. The van der Waals surface area contributed by atoms with Crippen molar-refractivity contribution in [3.63, 3.8) is 0 Å². The summed E-state index contributed by atoms with van der Waals surface area (Å²) in [4.78, 5) is 2.51. The van der Waals surface area contributed by atoms with E-state index in [1.54, 1.807) is 0 Å². The second kappa shape index (κ2) is 6.14. The fourth-order valence-electron chi connectivity index (χ4n) is 3.03. The molecule has 0 radical (unpaired) electrons. The van der Waals surface area contributed by atoms with Gasteiger partial charge in [-0.2, -0.15) is 0 Å². The molecule has 0 aromatic carbocycles. The zero-order chi connectivity index (χ0) is 12.1. The molecule has 1 spiro atoms. The number of ether oxygens (including phenoxy) is 2. The number of likely N-dealkylation sites (tertiary alicyclic amines) is 1. The molecule has 2 N–H and O–H groups in total. The van der Waals surface area contributed by atoms with Crippen LogP contribution in [0.5, 0.6) is 0 Å². The van der Waals surface area contributed by atoms with Gasteiger partial charge < -0.3 is 20.1 Å². The monoisotopic (exact) mass is 242 g/mol. The fraction of sp³-hybridized carbons (Fsp3) is 1.00. The van der Waals surface area contributed by atoms with Crippen molar-refractivity contribution in [2.75, 3.05) is 39.9 Å². The van der Waals surface area contributed by atoms with Crippen LogP contribution in [0, 0.1) is 0 Å². The summed E-state index contributed by atoms with van der Waals surface area (Å²) in [6.07, 6.45) is 5.94. The number of rotatable bonds is 4. The number of nitrogens with two attached hydrogens (primary N) is 1. The predicted molar refractivity (Wildman–Crippen MR) is 68.1 cm³/mol. The summed E-state index contributed by atoms with van der Waals surface area (Å²) in [5.74, 6) is 0. The van der Waals surface area contributed by atoms with Crippen LogP contribution in [0.1, 0.15) is 32.1 Å². The lowest BCUT2D eigenvalue weighted by Crippen LogP contribution is -2.50. The van der Waals surface area contributed by atoms with E-state index in [-0.39, 0.29) is 5.60 Å². The van der Waals surface area contributed by atoms with Crippen molar-refractivity contribution in [3.8, 4) is 0 Å². The Labute approximate surface area is 104 Å². The summed E-state index contributed by atoms with van der Waals surface area (Å²) in [5.41, 5.74) is 5.66. The van der Waals surface area contributed by atoms with Crippen LogP contribution in [0.3, 0.4) is 0 Å². The van der Waals surface area contributed by atoms with Crippen molar-refractivity contribution < 1.29 is 9.47 Å². The molecule has 100 valence electrons. The van der Waals surface area contributed by atoms with Crippen LogP contribution in [0.4, 0.5) is 0 Å². The van der Waals surface area contributed by atoms with Gasteiger partial charge >= 0.3 is 0 Å². The van der Waals surface area contributed by atoms with E-state index in [4.69, 9.17) is 15.2 Å². The highest BCUT2D eigenvalue weighted by Crippen LogP contribution is 2.35. The highest BCUT2D eigenvalue weighted by molar-refractivity contribution is 4.92. The second-order valence-electron chi connectivity index (χ2n) is 5.37. The molecule has 2 heterocycles. The molecule has 2 saturated heterocycles. The number of nitrogens with zero attached hydrogens (tertiary/aromatic N) is 1. The molecule has 2 aliphatic rings. The lowest BCUT2D eigenvalue weighted by atomic mass is 9.83. The van der Waals surface area contributed by atoms with E-state index in [2.05, 4.69) is 4.90 Å². The summed E-state index contributed by atoms with van der Waals surface area (Å²) in [5, 5.41) is 0. The Bertz CT molecular complexity index is 227. The van der Waals surface area contributed by atoms with E-state index in [0.29, 0.717) is 6.10 Å². The van der Waals surface area contributed by atoms with E-state index >= 15 is 0 Å². The van der Waals surface area contributed by atoms with Crippen LogP contribution in [-0.4, -0.2) is 56.5 Å². The minimum absolute atomic E-state index is 0.109. The third-order valence-corrected chi connectivity index (χ3v) is 4.23. The van der Waals surface area contributed by atoms with Crippen molar-refractivity contribution in [3.05, 3.63) is 0 Å². The predicted octanol–water partition coefficient (Wildman–Crippen LogP) is 0.995. The third-order valence-electron chi connectivity index (χ3n) is 4.23. The molecule has 2 rings (SSSR count). The molecule has 0 aliphatic carbocycles. The molecule has 2 aliphatic heterocycles. The molecule has 2 fully saturated rings. The average molecular weight is 242 g/mol. The van der Waals surface area contributed by atoms with Gasteiger partial charge in [0.15, 0.2) is 0 Å². The smallest absolute Gasteiger partial charge is 0.0731 e. The zero-order valence-electron chi connectivity index (χ0n) is 11.0. The van der Waals surface area contributed by atoms with E-state index in [9.17, 15) is 0 Å². The van der Waals surface area contributed by atoms with Gasteiger partial charge in [-0.05, 0) is 38.8 Å². The SMILES string of the molecule is CO[C@H]1CCOC2(CCN(CCCN)CC2)C1. The zero-order valence-corrected chi connectivity index (χ0v) is 11.0. The van der Waals surface area contributed by atoms with Crippen molar-refractivity contribution >= 4 is 0 Å². The van der Waals surface area contributed by atoms with Crippen molar-refractivity contribution in [2.45, 2.75) is 43.8 Å². The first-order chi connectivity index (χ1) is 8.28. The fourth-order valence-corrected chi connectivity index (χ4v) is 3.03. The van der Waals surface area contributed by atoms with Crippen LogP contribution >= 0.6 is 0 Å². The lowest BCUT2D eigenvalue weighted by molar-refractivity contribution is -0.149. The molecule has 1 atom stereocenters. The maximum absolute atomic E-state index is 6.06. The molecular weight excluding hydrogens is 216 g/mol. The molecule has 4 nitrogen and oxygen atoms in total. The minimum Gasteiger partial charge on any atom is -0.381 e. The van der Waals surface area contributed by atoms with Crippen molar-refractivity contribution in [1.82, 2.24) is 4.90 Å². The van der Waals surface area contributed by atoms with Crippen LogP contribution in [-0.2, 0) is 9.47 Å². The van der Waals surface area contributed by atoms with E-state index in [1.165, 1.54) is 0 Å². The summed E-state index contributed by atoms with van der Waals surface area (Å²) < 4.78 is 11.6. The first kappa shape index (κ1) is 13.3. The van der Waals surface area contributed by atoms with Crippen molar-refractivity contribution in [2.24, 2.45) is 5.73 Å². The topological polar surface area (TPSA) is 47.7 Å². The molecule has 0 aromatic rings. The highest BCUT2D eigenvalue weighted by atomic mass is 16.5. The Hall–Kier alpha value is -0.160. The number of hydrogen-bond donors (Lipinski definition) is 1. The molecule has 4 heteroatoms.